The summed E-state index contributed by atoms with van der Waals surface area (Å²) in [6.45, 7) is 5.77. The molecule has 2 amide bonds. The van der Waals surface area contributed by atoms with E-state index in [2.05, 4.69) is 5.16 Å². The van der Waals surface area contributed by atoms with E-state index in [1.54, 1.807) is 23.6 Å². The van der Waals surface area contributed by atoms with Gasteiger partial charge in [0.05, 0.1) is 12.3 Å². The summed E-state index contributed by atoms with van der Waals surface area (Å²) in [5.41, 5.74) is 0.754. The fourth-order valence-electron chi connectivity index (χ4n) is 3.08. The number of carbonyl (C=O) groups is 2. The van der Waals surface area contributed by atoms with Crippen LogP contribution in [0.25, 0.3) is 0 Å². The molecule has 0 radical (unpaired) electrons. The fourth-order valence-corrected chi connectivity index (χ4v) is 3.08. The molecule has 2 heterocycles. The lowest BCUT2D eigenvalue weighted by Gasteiger charge is -2.37. The summed E-state index contributed by atoms with van der Waals surface area (Å²) >= 11 is 0. The van der Waals surface area contributed by atoms with Crippen LogP contribution in [0.1, 0.15) is 25.8 Å². The van der Waals surface area contributed by atoms with Gasteiger partial charge in [-0.3, -0.25) is 4.79 Å². The number of benzene rings is 1. The summed E-state index contributed by atoms with van der Waals surface area (Å²) in [5.74, 6) is -0.0920. The highest BCUT2D eigenvalue weighted by atomic mass is 16.7. The number of hydrogen-bond acceptors (Lipinski definition) is 5. The molecule has 7 heteroatoms. The summed E-state index contributed by atoms with van der Waals surface area (Å²) in [6, 6.07) is 9.72. The Balaban J connectivity index is 1.58. The molecule has 1 atom stereocenters. The predicted octanol–water partition coefficient (Wildman–Crippen LogP) is 1.87. The average molecular weight is 345 g/mol. The first kappa shape index (κ1) is 17.3. The molecule has 1 saturated heterocycles. The van der Waals surface area contributed by atoms with Crippen molar-refractivity contribution in [3.8, 4) is 0 Å². The van der Waals surface area contributed by atoms with Crippen molar-refractivity contribution in [1.29, 1.82) is 0 Å². The molecule has 1 fully saturated rings. The van der Waals surface area contributed by atoms with Crippen LogP contribution in [-0.2, 0) is 14.4 Å². The maximum absolute atomic E-state index is 12.9. The van der Waals surface area contributed by atoms with Gasteiger partial charge < -0.3 is 19.4 Å². The standard InChI is InChI=1S/C18H23N3O4/c1-3-24-17(23)21-11-9-20(10-12-21)16(22)18(2)13-15(19-25-18)14-7-5-4-6-8-14/h4-8H,3,9-13H2,1-2H3. The topological polar surface area (TPSA) is 71.4 Å². The maximum Gasteiger partial charge on any atom is 0.409 e. The lowest BCUT2D eigenvalue weighted by atomic mass is 9.94. The van der Waals surface area contributed by atoms with E-state index in [4.69, 9.17) is 9.57 Å². The van der Waals surface area contributed by atoms with E-state index in [1.807, 2.05) is 30.3 Å². The van der Waals surface area contributed by atoms with E-state index in [1.165, 1.54) is 0 Å². The number of oxime groups is 1. The van der Waals surface area contributed by atoms with Gasteiger partial charge in [0.1, 0.15) is 0 Å². The van der Waals surface area contributed by atoms with Gasteiger partial charge in [0.2, 0.25) is 5.60 Å². The van der Waals surface area contributed by atoms with Crippen LogP contribution in [0.2, 0.25) is 0 Å². The first-order valence-electron chi connectivity index (χ1n) is 8.55. The van der Waals surface area contributed by atoms with Gasteiger partial charge in [0.15, 0.2) is 0 Å². The van der Waals surface area contributed by atoms with Crippen LogP contribution in [-0.4, -0.2) is 65.9 Å². The van der Waals surface area contributed by atoms with Crippen LogP contribution in [0.3, 0.4) is 0 Å². The first-order chi connectivity index (χ1) is 12.0. The fraction of sp³-hybridized carbons (Fsp3) is 0.500. The van der Waals surface area contributed by atoms with Crippen LogP contribution < -0.4 is 0 Å². The van der Waals surface area contributed by atoms with Gasteiger partial charge in [-0.15, -0.1) is 0 Å². The Labute approximate surface area is 147 Å². The molecule has 0 saturated carbocycles. The molecule has 0 spiro atoms. The van der Waals surface area contributed by atoms with Crippen LogP contribution in [0.15, 0.2) is 35.5 Å². The second-order valence-corrected chi connectivity index (χ2v) is 6.38. The Bertz CT molecular complexity index is 668. The highest BCUT2D eigenvalue weighted by Gasteiger charge is 2.45. The monoisotopic (exact) mass is 345 g/mol. The zero-order valence-corrected chi connectivity index (χ0v) is 14.6. The molecule has 7 nitrogen and oxygen atoms in total. The van der Waals surface area contributed by atoms with E-state index in [0.29, 0.717) is 39.2 Å². The third-order valence-corrected chi connectivity index (χ3v) is 4.51. The molecule has 2 aliphatic rings. The molecule has 2 aliphatic heterocycles. The van der Waals surface area contributed by atoms with E-state index in [-0.39, 0.29) is 12.0 Å². The summed E-state index contributed by atoms with van der Waals surface area (Å²) in [4.78, 5) is 33.5. The largest absolute Gasteiger partial charge is 0.450 e. The molecular formula is C18H23N3O4. The Hall–Kier alpha value is -2.57. The van der Waals surface area contributed by atoms with Crippen molar-refractivity contribution in [2.75, 3.05) is 32.8 Å². The third-order valence-electron chi connectivity index (χ3n) is 4.51. The van der Waals surface area contributed by atoms with E-state index < -0.39 is 5.60 Å². The maximum atomic E-state index is 12.9. The quantitative estimate of drug-likeness (QED) is 0.838. The Morgan fingerprint density at radius 1 is 1.16 bits per heavy atom. The summed E-state index contributed by atoms with van der Waals surface area (Å²) in [5, 5.41) is 4.13. The number of nitrogens with zero attached hydrogens (tertiary/aromatic N) is 3. The molecule has 1 aromatic rings. The van der Waals surface area contributed by atoms with Crippen molar-refractivity contribution in [3.63, 3.8) is 0 Å². The Morgan fingerprint density at radius 2 is 1.80 bits per heavy atom. The molecule has 25 heavy (non-hydrogen) atoms. The number of carbonyl (C=O) groups excluding carboxylic acids is 2. The Morgan fingerprint density at radius 3 is 2.44 bits per heavy atom. The van der Waals surface area contributed by atoms with Gasteiger partial charge >= 0.3 is 6.09 Å². The predicted molar refractivity (Wildman–Crippen MR) is 92.3 cm³/mol. The molecule has 0 aromatic heterocycles. The molecule has 0 aliphatic carbocycles. The number of rotatable bonds is 3. The van der Waals surface area contributed by atoms with E-state index >= 15 is 0 Å². The third kappa shape index (κ3) is 3.60. The summed E-state index contributed by atoms with van der Waals surface area (Å²) in [6.07, 6.45) is 0.112. The zero-order chi connectivity index (χ0) is 17.9. The summed E-state index contributed by atoms with van der Waals surface area (Å²) in [7, 11) is 0. The number of piperazine rings is 1. The van der Waals surface area contributed by atoms with Crippen molar-refractivity contribution in [2.45, 2.75) is 25.9 Å². The molecule has 1 aromatic carbocycles. The lowest BCUT2D eigenvalue weighted by molar-refractivity contribution is -0.154. The van der Waals surface area contributed by atoms with Crippen molar-refractivity contribution in [2.24, 2.45) is 5.16 Å². The number of hydrogen-bond donors (Lipinski definition) is 0. The number of ether oxygens (including phenoxy) is 1. The smallest absolute Gasteiger partial charge is 0.409 e. The van der Waals surface area contributed by atoms with E-state index in [9.17, 15) is 9.59 Å². The van der Waals surface area contributed by atoms with Crippen LogP contribution in [0.4, 0.5) is 4.79 Å². The first-order valence-corrected chi connectivity index (χ1v) is 8.55. The molecule has 3 rings (SSSR count). The van der Waals surface area contributed by atoms with Crippen molar-refractivity contribution in [3.05, 3.63) is 35.9 Å². The number of amides is 2. The average Bonchev–Trinajstić information content (AvgIpc) is 3.06. The molecular weight excluding hydrogens is 322 g/mol. The van der Waals surface area contributed by atoms with Gasteiger partial charge in [0.25, 0.3) is 5.91 Å². The minimum absolute atomic E-state index is 0.0920. The van der Waals surface area contributed by atoms with Crippen LogP contribution in [0, 0.1) is 0 Å². The van der Waals surface area contributed by atoms with Crippen molar-refractivity contribution >= 4 is 17.7 Å². The second kappa shape index (κ2) is 7.13. The van der Waals surface area contributed by atoms with Crippen LogP contribution in [0.5, 0.6) is 0 Å². The van der Waals surface area contributed by atoms with Gasteiger partial charge in [-0.2, -0.15) is 0 Å². The minimum Gasteiger partial charge on any atom is -0.450 e. The SMILES string of the molecule is CCOC(=O)N1CCN(C(=O)C2(C)CC(c3ccccc3)=NO2)CC1. The minimum atomic E-state index is -0.989. The molecule has 1 unspecified atom stereocenters. The normalized spacial score (nSPS) is 23.0. The van der Waals surface area contributed by atoms with Gasteiger partial charge in [0, 0.05) is 32.6 Å². The zero-order valence-electron chi connectivity index (χ0n) is 14.6. The van der Waals surface area contributed by atoms with Gasteiger partial charge in [-0.1, -0.05) is 35.5 Å². The molecule has 0 N–H and O–H groups in total. The molecule has 134 valence electrons. The Kier molecular flexibility index (Phi) is 4.92. The second-order valence-electron chi connectivity index (χ2n) is 6.38. The highest BCUT2D eigenvalue weighted by molar-refractivity contribution is 6.05. The summed E-state index contributed by atoms with van der Waals surface area (Å²) < 4.78 is 5.00. The van der Waals surface area contributed by atoms with Crippen molar-refractivity contribution < 1.29 is 19.2 Å². The molecule has 0 bridgehead atoms. The van der Waals surface area contributed by atoms with Gasteiger partial charge in [-0.25, -0.2) is 4.79 Å². The van der Waals surface area contributed by atoms with Gasteiger partial charge in [-0.05, 0) is 19.4 Å². The van der Waals surface area contributed by atoms with Crippen molar-refractivity contribution in [1.82, 2.24) is 9.80 Å². The van der Waals surface area contributed by atoms with Crippen LogP contribution >= 0.6 is 0 Å². The lowest BCUT2D eigenvalue weighted by Crippen LogP contribution is -2.56. The van der Waals surface area contributed by atoms with E-state index in [0.717, 1.165) is 11.3 Å². The highest BCUT2D eigenvalue weighted by Crippen LogP contribution is 2.29.